The van der Waals surface area contributed by atoms with E-state index in [0.29, 0.717) is 16.8 Å². The molecular weight excluding hydrogens is 306 g/mol. The average Bonchev–Trinajstić information content (AvgIpc) is 2.85. The molecule has 2 N–H and O–H groups in total. The van der Waals surface area contributed by atoms with E-state index in [0.717, 1.165) is 10.8 Å². The number of carboxylic acids is 1. The molecule has 3 aromatic carbocycles. The first-order valence-electron chi connectivity index (χ1n) is 7.44. The van der Waals surface area contributed by atoms with Gasteiger partial charge in [-0.05, 0) is 29.7 Å². The van der Waals surface area contributed by atoms with Gasteiger partial charge in [0.15, 0.2) is 6.23 Å². The normalized spacial score (nSPS) is 16.5. The number of anilines is 1. The van der Waals surface area contributed by atoms with E-state index < -0.39 is 12.2 Å². The van der Waals surface area contributed by atoms with E-state index in [-0.39, 0.29) is 11.5 Å². The van der Waals surface area contributed by atoms with Gasteiger partial charge in [0.25, 0.3) is 5.91 Å². The Morgan fingerprint density at radius 3 is 2.54 bits per heavy atom. The van der Waals surface area contributed by atoms with E-state index in [1.807, 2.05) is 36.4 Å². The van der Waals surface area contributed by atoms with Gasteiger partial charge in [0.05, 0.1) is 11.3 Å². The minimum atomic E-state index is -1.21. The highest BCUT2D eigenvalue weighted by Gasteiger charge is 2.37. The van der Waals surface area contributed by atoms with Crippen molar-refractivity contribution in [1.82, 2.24) is 0 Å². The number of rotatable bonds is 2. The van der Waals surface area contributed by atoms with E-state index in [1.165, 1.54) is 23.1 Å². The lowest BCUT2D eigenvalue weighted by Gasteiger charge is -2.22. The van der Waals surface area contributed by atoms with E-state index in [9.17, 15) is 14.7 Å². The van der Waals surface area contributed by atoms with Crippen LogP contribution in [0.2, 0.25) is 0 Å². The number of fused-ring (bicyclic) bond motifs is 2. The average molecular weight is 319 g/mol. The summed E-state index contributed by atoms with van der Waals surface area (Å²) in [5.74, 6) is -1.44. The quantitative estimate of drug-likeness (QED) is 0.760. The predicted octanol–water partition coefficient (Wildman–Crippen LogP) is 3.19. The van der Waals surface area contributed by atoms with Crippen molar-refractivity contribution >= 4 is 28.3 Å². The molecule has 5 heteroatoms. The molecule has 0 saturated carbocycles. The maximum atomic E-state index is 12.8. The third-order valence-electron chi connectivity index (χ3n) is 4.30. The monoisotopic (exact) mass is 319 g/mol. The van der Waals surface area contributed by atoms with Crippen LogP contribution in [0.25, 0.3) is 10.8 Å². The van der Waals surface area contributed by atoms with Crippen LogP contribution in [0.4, 0.5) is 5.69 Å². The fraction of sp³-hybridized carbons (Fsp3) is 0.0526. The molecule has 4 rings (SSSR count). The van der Waals surface area contributed by atoms with Gasteiger partial charge >= 0.3 is 5.97 Å². The zero-order valence-electron chi connectivity index (χ0n) is 12.5. The molecule has 0 bridgehead atoms. The molecule has 5 nitrogen and oxygen atoms in total. The third kappa shape index (κ3) is 1.99. The number of aliphatic hydroxyl groups is 1. The van der Waals surface area contributed by atoms with Crippen molar-refractivity contribution in [3.63, 3.8) is 0 Å². The van der Waals surface area contributed by atoms with Gasteiger partial charge < -0.3 is 10.2 Å². The predicted molar refractivity (Wildman–Crippen MR) is 89.1 cm³/mol. The summed E-state index contributed by atoms with van der Waals surface area (Å²) < 4.78 is 0. The summed E-state index contributed by atoms with van der Waals surface area (Å²) in [4.78, 5) is 25.2. The van der Waals surface area contributed by atoms with E-state index in [4.69, 9.17) is 5.11 Å². The summed E-state index contributed by atoms with van der Waals surface area (Å²) >= 11 is 0. The largest absolute Gasteiger partial charge is 0.478 e. The third-order valence-corrected chi connectivity index (χ3v) is 4.30. The Bertz CT molecular complexity index is 990. The van der Waals surface area contributed by atoms with Crippen molar-refractivity contribution in [2.24, 2.45) is 0 Å². The Balaban J connectivity index is 1.88. The van der Waals surface area contributed by atoms with E-state index in [2.05, 4.69) is 0 Å². The van der Waals surface area contributed by atoms with Gasteiger partial charge in [0.1, 0.15) is 0 Å². The van der Waals surface area contributed by atoms with Crippen LogP contribution in [-0.2, 0) is 0 Å². The minimum absolute atomic E-state index is 0.0420. The first-order chi connectivity index (χ1) is 11.6. The topological polar surface area (TPSA) is 77.8 Å². The summed E-state index contributed by atoms with van der Waals surface area (Å²) in [5.41, 5.74) is 1.27. The SMILES string of the molecule is O=C(O)c1ccc2c(c1)C(O)N(c1cccc3ccccc13)C2=O. The molecule has 0 radical (unpaired) electrons. The van der Waals surface area contributed by atoms with Crippen molar-refractivity contribution in [3.8, 4) is 0 Å². The molecule has 0 aliphatic carbocycles. The van der Waals surface area contributed by atoms with Crippen LogP contribution in [0, 0.1) is 0 Å². The maximum absolute atomic E-state index is 12.8. The van der Waals surface area contributed by atoms with E-state index >= 15 is 0 Å². The van der Waals surface area contributed by atoms with Crippen molar-refractivity contribution in [2.45, 2.75) is 6.23 Å². The molecule has 1 amide bonds. The highest BCUT2D eigenvalue weighted by Crippen LogP contribution is 2.39. The van der Waals surface area contributed by atoms with Crippen LogP contribution in [0.3, 0.4) is 0 Å². The number of aromatic carboxylic acids is 1. The van der Waals surface area contributed by atoms with Gasteiger partial charge in [0.2, 0.25) is 0 Å². The maximum Gasteiger partial charge on any atom is 0.335 e. The number of hydrogen-bond donors (Lipinski definition) is 2. The number of nitrogens with zero attached hydrogens (tertiary/aromatic N) is 1. The Hall–Kier alpha value is -3.18. The first-order valence-corrected chi connectivity index (χ1v) is 7.44. The molecule has 118 valence electrons. The number of carbonyl (C=O) groups is 2. The molecule has 0 saturated heterocycles. The summed E-state index contributed by atoms with van der Waals surface area (Å²) in [6.45, 7) is 0. The van der Waals surface area contributed by atoms with Crippen LogP contribution in [0.5, 0.6) is 0 Å². The van der Waals surface area contributed by atoms with Crippen molar-refractivity contribution in [1.29, 1.82) is 0 Å². The van der Waals surface area contributed by atoms with Crippen LogP contribution in [0.1, 0.15) is 32.5 Å². The number of benzene rings is 3. The van der Waals surface area contributed by atoms with Crippen LogP contribution in [-0.4, -0.2) is 22.1 Å². The molecule has 0 aromatic heterocycles. The molecule has 3 aromatic rings. The highest BCUT2D eigenvalue weighted by molar-refractivity contribution is 6.14. The van der Waals surface area contributed by atoms with Crippen molar-refractivity contribution in [2.75, 3.05) is 4.90 Å². The van der Waals surface area contributed by atoms with Crippen LogP contribution >= 0.6 is 0 Å². The Morgan fingerprint density at radius 1 is 1.00 bits per heavy atom. The molecule has 1 atom stereocenters. The van der Waals surface area contributed by atoms with Gasteiger partial charge in [0, 0.05) is 16.5 Å². The second-order valence-corrected chi connectivity index (χ2v) is 5.65. The second-order valence-electron chi connectivity index (χ2n) is 5.65. The molecule has 24 heavy (non-hydrogen) atoms. The van der Waals surface area contributed by atoms with Gasteiger partial charge in [-0.3, -0.25) is 9.69 Å². The number of carbonyl (C=O) groups excluding carboxylic acids is 1. The lowest BCUT2D eigenvalue weighted by atomic mass is 10.1. The number of amides is 1. The first kappa shape index (κ1) is 14.4. The number of hydrogen-bond acceptors (Lipinski definition) is 3. The molecule has 0 spiro atoms. The smallest absolute Gasteiger partial charge is 0.335 e. The highest BCUT2D eigenvalue weighted by atomic mass is 16.4. The zero-order valence-corrected chi connectivity index (χ0v) is 12.5. The molecule has 1 aliphatic rings. The molecule has 0 fully saturated rings. The summed E-state index contributed by atoms with van der Waals surface area (Å²) in [5, 5.41) is 21.6. The summed E-state index contributed by atoms with van der Waals surface area (Å²) in [6, 6.07) is 17.3. The van der Waals surface area contributed by atoms with Gasteiger partial charge in [-0.15, -0.1) is 0 Å². The summed E-state index contributed by atoms with van der Waals surface area (Å²) in [7, 11) is 0. The fourth-order valence-corrected chi connectivity index (χ4v) is 3.14. The van der Waals surface area contributed by atoms with Gasteiger partial charge in [-0.2, -0.15) is 0 Å². The lowest BCUT2D eigenvalue weighted by Crippen LogP contribution is -2.27. The minimum Gasteiger partial charge on any atom is -0.478 e. The van der Waals surface area contributed by atoms with Crippen molar-refractivity contribution < 1.29 is 19.8 Å². The standard InChI is InChI=1S/C19H13NO4/c21-17-14-9-8-12(19(23)24)10-15(14)18(22)20(17)16-7-3-5-11-4-1-2-6-13(11)16/h1-10,18,22H,(H,23,24). The molecule has 1 unspecified atom stereocenters. The van der Waals surface area contributed by atoms with Gasteiger partial charge in [-0.25, -0.2) is 4.79 Å². The number of aliphatic hydroxyl groups excluding tert-OH is 1. The van der Waals surface area contributed by atoms with Crippen molar-refractivity contribution in [3.05, 3.63) is 77.4 Å². The second kappa shape index (κ2) is 5.18. The van der Waals surface area contributed by atoms with Gasteiger partial charge in [-0.1, -0.05) is 36.4 Å². The Morgan fingerprint density at radius 2 is 1.75 bits per heavy atom. The number of carboxylic acid groups (broad SMARTS) is 1. The Kier molecular flexibility index (Phi) is 3.11. The fourth-order valence-electron chi connectivity index (χ4n) is 3.14. The molecule has 1 heterocycles. The molecular formula is C19H13NO4. The zero-order chi connectivity index (χ0) is 16.8. The van der Waals surface area contributed by atoms with E-state index in [1.54, 1.807) is 6.07 Å². The van der Waals surface area contributed by atoms with Crippen LogP contribution in [0.15, 0.2) is 60.7 Å². The molecule has 1 aliphatic heterocycles. The van der Waals surface area contributed by atoms with Crippen LogP contribution < -0.4 is 4.90 Å². The summed E-state index contributed by atoms with van der Waals surface area (Å²) in [6.07, 6.45) is -1.21. The Labute approximate surface area is 137 Å². The lowest BCUT2D eigenvalue weighted by molar-refractivity contribution is 0.0696.